The van der Waals surface area contributed by atoms with Gasteiger partial charge in [0.2, 0.25) is 0 Å². The highest BCUT2D eigenvalue weighted by Crippen LogP contribution is 2.42. The zero-order valence-corrected chi connectivity index (χ0v) is 23.6. The Labute approximate surface area is 235 Å². The van der Waals surface area contributed by atoms with Crippen molar-refractivity contribution in [3.8, 4) is 17.2 Å². The number of rotatable bonds is 11. The number of likely N-dealkylation sites (tertiary alicyclic amines) is 1. The molecule has 1 amide bonds. The van der Waals surface area contributed by atoms with Gasteiger partial charge in [-0.15, -0.1) is 0 Å². The van der Waals surface area contributed by atoms with Crippen molar-refractivity contribution in [2.75, 3.05) is 40.9 Å². The molecule has 1 atom stereocenters. The molecule has 1 aliphatic heterocycles. The lowest BCUT2D eigenvalue weighted by atomic mass is 9.95. The molecule has 1 fully saturated rings. The van der Waals surface area contributed by atoms with Crippen molar-refractivity contribution in [1.82, 2.24) is 9.80 Å². The van der Waals surface area contributed by atoms with Crippen molar-refractivity contribution >= 4 is 17.4 Å². The van der Waals surface area contributed by atoms with Gasteiger partial charge < -0.3 is 29.1 Å². The number of hydrogen-bond donors (Lipinski definition) is 1. The van der Waals surface area contributed by atoms with Gasteiger partial charge in [-0.05, 0) is 75.5 Å². The number of amides is 1. The van der Waals surface area contributed by atoms with Crippen LogP contribution >= 0.6 is 0 Å². The van der Waals surface area contributed by atoms with E-state index in [1.165, 1.54) is 12.0 Å². The van der Waals surface area contributed by atoms with Gasteiger partial charge in [0.25, 0.3) is 11.7 Å². The smallest absolute Gasteiger partial charge is 0.295 e. The second-order valence-corrected chi connectivity index (χ2v) is 9.94. The van der Waals surface area contributed by atoms with Gasteiger partial charge >= 0.3 is 0 Å². The molecule has 8 heteroatoms. The number of carbonyl (C=O) groups is 2. The molecule has 4 rings (SSSR count). The minimum atomic E-state index is -0.790. The van der Waals surface area contributed by atoms with E-state index in [0.717, 1.165) is 11.1 Å². The molecule has 0 spiro atoms. The van der Waals surface area contributed by atoms with Crippen molar-refractivity contribution < 1.29 is 28.9 Å². The number of ether oxygens (including phenoxy) is 3. The first kappa shape index (κ1) is 28.7. The fourth-order valence-electron chi connectivity index (χ4n) is 4.73. The zero-order chi connectivity index (χ0) is 28.8. The van der Waals surface area contributed by atoms with Crippen LogP contribution in [0.15, 0.2) is 72.3 Å². The quantitative estimate of drug-likeness (QED) is 0.207. The molecule has 210 valence electrons. The summed E-state index contributed by atoms with van der Waals surface area (Å²) in [5, 5.41) is 11.4. The summed E-state index contributed by atoms with van der Waals surface area (Å²) in [5.74, 6) is 0.0345. The van der Waals surface area contributed by atoms with Gasteiger partial charge in [-0.1, -0.05) is 35.9 Å². The minimum Gasteiger partial charge on any atom is -0.507 e. The van der Waals surface area contributed by atoms with E-state index in [9.17, 15) is 14.7 Å². The van der Waals surface area contributed by atoms with Crippen molar-refractivity contribution in [2.24, 2.45) is 0 Å². The summed E-state index contributed by atoms with van der Waals surface area (Å²) in [5.41, 5.74) is 3.29. The van der Waals surface area contributed by atoms with Crippen molar-refractivity contribution in [1.29, 1.82) is 0 Å². The molecular weight excluding hydrogens is 508 g/mol. The number of Topliss-reactive ketones (excluding diaryl/α,β-unsaturated/α-hetero) is 1. The number of hydrogen-bond acceptors (Lipinski definition) is 7. The molecule has 0 aliphatic carbocycles. The van der Waals surface area contributed by atoms with Crippen LogP contribution in [-0.4, -0.2) is 67.5 Å². The Bertz CT molecular complexity index is 1400. The number of benzene rings is 3. The van der Waals surface area contributed by atoms with Crippen LogP contribution in [-0.2, 0) is 16.2 Å². The number of aliphatic hydroxyl groups excluding tert-OH is 1. The lowest BCUT2D eigenvalue weighted by molar-refractivity contribution is -0.140. The molecule has 0 aromatic heterocycles. The Morgan fingerprint density at radius 2 is 1.73 bits per heavy atom. The average Bonchev–Trinajstić information content (AvgIpc) is 3.20. The molecule has 8 nitrogen and oxygen atoms in total. The van der Waals surface area contributed by atoms with Crippen LogP contribution in [0.1, 0.15) is 35.2 Å². The van der Waals surface area contributed by atoms with E-state index in [2.05, 4.69) is 6.07 Å². The van der Waals surface area contributed by atoms with E-state index in [-0.39, 0.29) is 11.3 Å². The van der Waals surface area contributed by atoms with Crippen LogP contribution in [0.3, 0.4) is 0 Å². The van der Waals surface area contributed by atoms with Crippen LogP contribution in [0.4, 0.5) is 0 Å². The van der Waals surface area contributed by atoms with E-state index >= 15 is 0 Å². The Balaban J connectivity index is 1.69. The standard InChI is InChI=1S/C32H36N2O6/c1-6-39-26-15-12-24(19-27(26)38-5)29-28(31(36)32(37)34(29)17-16-33(3)4)30(35)23-10-13-25(14-11-23)40-20-22-9-7-8-21(2)18-22/h7-15,18-19,29,35H,6,16-17,20H2,1-5H3/b30-28+. The monoisotopic (exact) mass is 544 g/mol. The van der Waals surface area contributed by atoms with Gasteiger partial charge in [-0.3, -0.25) is 9.59 Å². The van der Waals surface area contributed by atoms with Crippen molar-refractivity contribution in [3.63, 3.8) is 0 Å². The van der Waals surface area contributed by atoms with Gasteiger partial charge in [0.05, 0.1) is 25.3 Å². The summed E-state index contributed by atoms with van der Waals surface area (Å²) in [4.78, 5) is 30.0. The number of carbonyl (C=O) groups excluding carboxylic acids is 2. The molecule has 1 N–H and O–H groups in total. The van der Waals surface area contributed by atoms with Crippen LogP contribution in [0.5, 0.6) is 17.2 Å². The van der Waals surface area contributed by atoms with Crippen LogP contribution in [0.25, 0.3) is 5.76 Å². The maximum Gasteiger partial charge on any atom is 0.295 e. The first-order chi connectivity index (χ1) is 19.2. The maximum atomic E-state index is 13.3. The predicted molar refractivity (Wildman–Crippen MR) is 154 cm³/mol. The summed E-state index contributed by atoms with van der Waals surface area (Å²) in [6, 6.07) is 19.4. The summed E-state index contributed by atoms with van der Waals surface area (Å²) in [7, 11) is 5.33. The number of ketones is 1. The van der Waals surface area contributed by atoms with E-state index in [0.29, 0.717) is 54.7 Å². The molecule has 40 heavy (non-hydrogen) atoms. The predicted octanol–water partition coefficient (Wildman–Crippen LogP) is 4.96. The normalized spacial score (nSPS) is 16.4. The molecule has 0 radical (unpaired) electrons. The van der Waals surface area contributed by atoms with Gasteiger partial charge in [0.15, 0.2) is 11.5 Å². The third-order valence-corrected chi connectivity index (χ3v) is 6.75. The largest absolute Gasteiger partial charge is 0.507 e. The molecule has 3 aromatic rings. The van der Waals surface area contributed by atoms with Crippen LogP contribution in [0, 0.1) is 6.92 Å². The van der Waals surface area contributed by atoms with Crippen molar-refractivity contribution in [3.05, 3.63) is 94.6 Å². The summed E-state index contributed by atoms with van der Waals surface area (Å²) < 4.78 is 17.1. The van der Waals surface area contributed by atoms with Crippen LogP contribution < -0.4 is 14.2 Å². The second kappa shape index (κ2) is 12.7. The Hall–Kier alpha value is -4.30. The molecule has 3 aromatic carbocycles. The summed E-state index contributed by atoms with van der Waals surface area (Å²) in [6.45, 7) is 5.63. The highest BCUT2D eigenvalue weighted by atomic mass is 16.5. The van der Waals surface area contributed by atoms with Crippen LogP contribution in [0.2, 0.25) is 0 Å². The number of nitrogens with zero attached hydrogens (tertiary/aromatic N) is 2. The summed E-state index contributed by atoms with van der Waals surface area (Å²) >= 11 is 0. The maximum absolute atomic E-state index is 13.3. The van der Waals surface area contributed by atoms with Gasteiger partial charge in [-0.2, -0.15) is 0 Å². The number of likely N-dealkylation sites (N-methyl/N-ethyl adjacent to an activating group) is 1. The minimum absolute atomic E-state index is 0.0309. The number of aryl methyl sites for hydroxylation is 1. The molecule has 1 heterocycles. The van der Waals surface area contributed by atoms with Gasteiger partial charge in [0.1, 0.15) is 18.1 Å². The molecule has 1 unspecified atom stereocenters. The third kappa shape index (κ3) is 6.29. The highest BCUT2D eigenvalue weighted by molar-refractivity contribution is 6.46. The first-order valence-electron chi connectivity index (χ1n) is 13.3. The first-order valence-corrected chi connectivity index (χ1v) is 13.3. The lowest BCUT2D eigenvalue weighted by Gasteiger charge is -2.27. The van der Waals surface area contributed by atoms with E-state index in [1.54, 1.807) is 42.5 Å². The Kier molecular flexibility index (Phi) is 9.11. The highest BCUT2D eigenvalue weighted by Gasteiger charge is 2.46. The second-order valence-electron chi connectivity index (χ2n) is 9.94. The Morgan fingerprint density at radius 3 is 2.38 bits per heavy atom. The molecular formula is C32H36N2O6. The molecule has 0 saturated carbocycles. The summed E-state index contributed by atoms with van der Waals surface area (Å²) in [6.07, 6.45) is 0. The van der Waals surface area contributed by atoms with E-state index in [4.69, 9.17) is 14.2 Å². The van der Waals surface area contributed by atoms with Gasteiger partial charge in [-0.25, -0.2) is 0 Å². The fourth-order valence-corrected chi connectivity index (χ4v) is 4.73. The lowest BCUT2D eigenvalue weighted by Crippen LogP contribution is -2.35. The zero-order valence-electron chi connectivity index (χ0n) is 23.6. The molecule has 0 bridgehead atoms. The van der Waals surface area contributed by atoms with Crippen molar-refractivity contribution in [2.45, 2.75) is 26.5 Å². The number of aliphatic hydroxyl groups is 1. The molecule has 1 saturated heterocycles. The molecule has 1 aliphatic rings. The topological polar surface area (TPSA) is 88.5 Å². The van der Waals surface area contributed by atoms with E-state index < -0.39 is 17.7 Å². The fraction of sp³-hybridized carbons (Fsp3) is 0.312. The van der Waals surface area contributed by atoms with E-state index in [1.807, 2.05) is 51.0 Å². The SMILES string of the molecule is CCOc1ccc(C2/C(=C(\O)c3ccc(OCc4cccc(C)c4)cc3)C(=O)C(=O)N2CCN(C)C)cc1OC. The third-order valence-electron chi connectivity index (χ3n) is 6.75. The average molecular weight is 545 g/mol. The number of methoxy groups -OCH3 is 1. The van der Waals surface area contributed by atoms with Gasteiger partial charge in [0, 0.05) is 18.7 Å². The Morgan fingerprint density at radius 1 is 0.975 bits per heavy atom.